The summed E-state index contributed by atoms with van der Waals surface area (Å²) in [6.07, 6.45) is 5.80. The van der Waals surface area contributed by atoms with Crippen molar-refractivity contribution < 1.29 is 23.9 Å². The Morgan fingerprint density at radius 3 is 2.42 bits per heavy atom. The Kier molecular flexibility index (Phi) is 7.42. The first kappa shape index (κ1) is 25.8. The molecule has 1 aromatic carbocycles. The number of carbonyl (C=O) groups is 3. The second-order valence-electron chi connectivity index (χ2n) is 11.5. The molecule has 1 N–H and O–H groups in total. The van der Waals surface area contributed by atoms with E-state index in [0.29, 0.717) is 18.7 Å². The summed E-state index contributed by atoms with van der Waals surface area (Å²) >= 11 is 0. The summed E-state index contributed by atoms with van der Waals surface area (Å²) in [5.41, 5.74) is 1.68. The monoisotopic (exact) mass is 524 g/mol. The van der Waals surface area contributed by atoms with E-state index in [1.165, 1.54) is 12.8 Å². The number of hydrogen-bond acceptors (Lipinski definition) is 7. The Balaban J connectivity index is 1.13. The molecule has 38 heavy (non-hydrogen) atoms. The third-order valence-corrected chi connectivity index (χ3v) is 9.10. The van der Waals surface area contributed by atoms with Crippen LogP contribution in [0.25, 0.3) is 0 Å². The largest absolute Gasteiger partial charge is 0.374 e. The molecule has 0 spiro atoms. The van der Waals surface area contributed by atoms with Gasteiger partial charge in [0.2, 0.25) is 5.91 Å². The second kappa shape index (κ2) is 10.9. The standard InChI is InChI=1S/C29H40N4O5/c1-2-37-24-17-33(26-23(34)18-38-27(24)26)29(36)25(19-5-3-4-6-19)30-28(35)20-7-9-21(10-8-20)31-13-15-32(16-14-31)22-11-12-22/h7-10,19,22,24-27H,2-6,11-18H2,1H3,(H,30,35)/t24-,25-,26+,27+/m0/s1. The van der Waals surface area contributed by atoms with Crippen LogP contribution in [0.5, 0.6) is 0 Å². The van der Waals surface area contributed by atoms with Crippen molar-refractivity contribution in [1.29, 1.82) is 0 Å². The zero-order chi connectivity index (χ0) is 26.2. The van der Waals surface area contributed by atoms with Crippen molar-refractivity contribution in [3.63, 3.8) is 0 Å². The fourth-order valence-corrected chi connectivity index (χ4v) is 6.88. The number of rotatable bonds is 8. The minimum absolute atomic E-state index is 0.00508. The van der Waals surface area contributed by atoms with Gasteiger partial charge in [0.1, 0.15) is 30.9 Å². The molecule has 4 atom stereocenters. The average molecular weight is 525 g/mol. The lowest BCUT2D eigenvalue weighted by Crippen LogP contribution is -2.54. The van der Waals surface area contributed by atoms with Crippen LogP contribution in [0.3, 0.4) is 0 Å². The Bertz CT molecular complexity index is 1030. The van der Waals surface area contributed by atoms with Crippen LogP contribution >= 0.6 is 0 Å². The molecular weight excluding hydrogens is 484 g/mol. The van der Waals surface area contributed by atoms with E-state index < -0.39 is 18.2 Å². The molecule has 9 nitrogen and oxygen atoms in total. The predicted octanol–water partition coefficient (Wildman–Crippen LogP) is 1.84. The van der Waals surface area contributed by atoms with Gasteiger partial charge in [-0.15, -0.1) is 0 Å². The van der Waals surface area contributed by atoms with E-state index in [1.807, 2.05) is 31.2 Å². The normalized spacial score (nSPS) is 29.1. The van der Waals surface area contributed by atoms with E-state index >= 15 is 0 Å². The van der Waals surface area contributed by atoms with Crippen molar-refractivity contribution >= 4 is 23.3 Å². The van der Waals surface area contributed by atoms with Gasteiger partial charge in [-0.1, -0.05) is 12.8 Å². The molecule has 3 saturated heterocycles. The average Bonchev–Trinajstić information content (AvgIpc) is 3.33. The number of hydrogen-bond donors (Lipinski definition) is 1. The predicted molar refractivity (Wildman–Crippen MR) is 142 cm³/mol. The van der Waals surface area contributed by atoms with Crippen LogP contribution in [0, 0.1) is 5.92 Å². The van der Waals surface area contributed by atoms with Crippen molar-refractivity contribution in [1.82, 2.24) is 15.1 Å². The lowest BCUT2D eigenvalue weighted by molar-refractivity contribution is -0.139. The molecule has 2 amide bonds. The van der Waals surface area contributed by atoms with Crippen molar-refractivity contribution in [2.75, 3.05) is 50.8 Å². The highest BCUT2D eigenvalue weighted by Gasteiger charge is 2.54. The lowest BCUT2D eigenvalue weighted by atomic mass is 9.95. The van der Waals surface area contributed by atoms with E-state index in [0.717, 1.165) is 63.6 Å². The van der Waals surface area contributed by atoms with Crippen LogP contribution in [0.1, 0.15) is 55.8 Å². The van der Waals surface area contributed by atoms with E-state index in [4.69, 9.17) is 9.47 Å². The van der Waals surface area contributed by atoms with Gasteiger partial charge in [0, 0.05) is 50.1 Å². The third kappa shape index (κ3) is 5.08. The van der Waals surface area contributed by atoms with Gasteiger partial charge in [-0.2, -0.15) is 0 Å². The second-order valence-corrected chi connectivity index (χ2v) is 11.5. The quantitative estimate of drug-likeness (QED) is 0.555. The Hall–Kier alpha value is -2.49. The number of amides is 2. The molecule has 5 aliphatic rings. The summed E-state index contributed by atoms with van der Waals surface area (Å²) in [5, 5.41) is 3.07. The highest BCUT2D eigenvalue weighted by atomic mass is 16.6. The molecule has 0 radical (unpaired) electrons. The molecule has 3 aliphatic heterocycles. The summed E-state index contributed by atoms with van der Waals surface area (Å²) in [5.74, 6) is -0.455. The molecular formula is C29H40N4O5. The van der Waals surface area contributed by atoms with Crippen LogP contribution in [-0.4, -0.2) is 104 Å². The van der Waals surface area contributed by atoms with Gasteiger partial charge in [0.25, 0.3) is 5.91 Å². The molecule has 0 aromatic heterocycles. The van der Waals surface area contributed by atoms with E-state index in [-0.39, 0.29) is 36.2 Å². The van der Waals surface area contributed by atoms with Crippen molar-refractivity contribution in [2.24, 2.45) is 5.92 Å². The first-order chi connectivity index (χ1) is 18.5. The maximum atomic E-state index is 13.9. The van der Waals surface area contributed by atoms with Gasteiger partial charge in [-0.05, 0) is 62.8 Å². The number of fused-ring (bicyclic) bond motifs is 1. The molecule has 2 saturated carbocycles. The van der Waals surface area contributed by atoms with E-state index in [1.54, 1.807) is 4.90 Å². The molecule has 9 heteroatoms. The maximum Gasteiger partial charge on any atom is 0.251 e. The van der Waals surface area contributed by atoms with Crippen molar-refractivity contribution in [2.45, 2.75) is 75.8 Å². The van der Waals surface area contributed by atoms with E-state index in [9.17, 15) is 14.4 Å². The van der Waals surface area contributed by atoms with Crippen LogP contribution in [0.15, 0.2) is 24.3 Å². The smallest absolute Gasteiger partial charge is 0.251 e. The van der Waals surface area contributed by atoms with Gasteiger partial charge in [-0.25, -0.2) is 0 Å². The summed E-state index contributed by atoms with van der Waals surface area (Å²) in [6.45, 7) is 6.90. The van der Waals surface area contributed by atoms with Crippen LogP contribution < -0.4 is 10.2 Å². The maximum absolute atomic E-state index is 13.9. The van der Waals surface area contributed by atoms with Crippen LogP contribution in [-0.2, 0) is 19.1 Å². The number of Topliss-reactive ketones (excluding diaryl/α,β-unsaturated/α-hetero) is 1. The SMILES string of the molecule is CCO[C@H]1CN(C(=O)[C@@H](NC(=O)c2ccc(N3CCN(C4CC4)CC3)cc2)C2CCCC2)[C@@H]2C(=O)CO[C@H]12. The van der Waals surface area contributed by atoms with Gasteiger partial charge in [0.15, 0.2) is 5.78 Å². The number of ketones is 1. The minimum atomic E-state index is -0.658. The van der Waals surface area contributed by atoms with Crippen molar-refractivity contribution in [3.05, 3.63) is 29.8 Å². The first-order valence-electron chi connectivity index (χ1n) is 14.5. The van der Waals surface area contributed by atoms with Gasteiger partial charge >= 0.3 is 0 Å². The molecule has 0 unspecified atom stereocenters. The Morgan fingerprint density at radius 1 is 1.05 bits per heavy atom. The number of ether oxygens (including phenoxy) is 2. The molecule has 3 heterocycles. The molecule has 6 rings (SSSR count). The molecule has 5 fully saturated rings. The number of nitrogens with zero attached hydrogens (tertiary/aromatic N) is 3. The van der Waals surface area contributed by atoms with Crippen LogP contribution in [0.2, 0.25) is 0 Å². The number of nitrogens with one attached hydrogen (secondary N) is 1. The molecule has 2 aliphatic carbocycles. The molecule has 1 aromatic rings. The van der Waals surface area contributed by atoms with Crippen LogP contribution in [0.4, 0.5) is 5.69 Å². The summed E-state index contributed by atoms with van der Waals surface area (Å²) in [6, 6.07) is 7.27. The first-order valence-corrected chi connectivity index (χ1v) is 14.5. The summed E-state index contributed by atoms with van der Waals surface area (Å²) in [4.78, 5) is 46.5. The highest BCUT2D eigenvalue weighted by molar-refractivity contribution is 5.99. The number of anilines is 1. The number of likely N-dealkylation sites (tertiary alicyclic amines) is 1. The van der Waals surface area contributed by atoms with E-state index in [2.05, 4.69) is 15.1 Å². The molecule has 0 bridgehead atoms. The summed E-state index contributed by atoms with van der Waals surface area (Å²) in [7, 11) is 0. The topological polar surface area (TPSA) is 91.4 Å². The fourth-order valence-electron chi connectivity index (χ4n) is 6.88. The Morgan fingerprint density at radius 2 is 1.76 bits per heavy atom. The van der Waals surface area contributed by atoms with Crippen molar-refractivity contribution in [3.8, 4) is 0 Å². The number of carbonyl (C=O) groups excluding carboxylic acids is 3. The Labute approximate surface area is 224 Å². The lowest BCUT2D eigenvalue weighted by Gasteiger charge is -2.36. The minimum Gasteiger partial charge on any atom is -0.374 e. The zero-order valence-corrected chi connectivity index (χ0v) is 22.3. The van der Waals surface area contributed by atoms with Gasteiger partial charge < -0.3 is 24.6 Å². The van der Waals surface area contributed by atoms with Gasteiger partial charge in [-0.3, -0.25) is 19.3 Å². The summed E-state index contributed by atoms with van der Waals surface area (Å²) < 4.78 is 11.5. The number of piperazine rings is 1. The van der Waals surface area contributed by atoms with Gasteiger partial charge in [0.05, 0.1) is 6.54 Å². The third-order valence-electron chi connectivity index (χ3n) is 9.10. The zero-order valence-electron chi connectivity index (χ0n) is 22.3. The number of benzene rings is 1. The molecule has 206 valence electrons. The highest BCUT2D eigenvalue weighted by Crippen LogP contribution is 2.34. The fraction of sp³-hybridized carbons (Fsp3) is 0.690.